The zero-order valence-corrected chi connectivity index (χ0v) is 27.4. The number of benzene rings is 4. The quantitative estimate of drug-likeness (QED) is 0.145. The number of halogens is 5. The monoisotopic (exact) mass is 760 g/mol. The van der Waals surface area contributed by atoms with Gasteiger partial charge in [0.1, 0.15) is 11.5 Å². The van der Waals surface area contributed by atoms with Crippen LogP contribution in [-0.4, -0.2) is 42.0 Å². The highest BCUT2D eigenvalue weighted by Gasteiger charge is 2.53. The molecule has 0 unspecified atom stereocenters. The maximum absolute atomic E-state index is 14.4. The molecule has 0 bridgehead atoms. The van der Waals surface area contributed by atoms with Crippen LogP contribution in [0.15, 0.2) is 111 Å². The van der Waals surface area contributed by atoms with Crippen LogP contribution in [0.3, 0.4) is 0 Å². The van der Waals surface area contributed by atoms with Crippen molar-refractivity contribution in [1.82, 2.24) is 5.32 Å². The molecule has 240 valence electrons. The first kappa shape index (κ1) is 33.5. The van der Waals surface area contributed by atoms with Gasteiger partial charge in [-0.25, -0.2) is 4.99 Å². The van der Waals surface area contributed by atoms with Crippen LogP contribution in [0.1, 0.15) is 34.8 Å². The van der Waals surface area contributed by atoms with E-state index in [9.17, 15) is 18.0 Å². The topological polar surface area (TPSA) is 89.4 Å². The Hall–Kier alpha value is -3.87. The molecule has 0 aliphatic carbocycles. The average Bonchev–Trinajstić information content (AvgIpc) is 3.42. The summed E-state index contributed by atoms with van der Waals surface area (Å²) in [7, 11) is 0. The third-order valence-electron chi connectivity index (χ3n) is 7.20. The highest BCUT2D eigenvalue weighted by Crippen LogP contribution is 2.43. The van der Waals surface area contributed by atoms with Gasteiger partial charge in [-0.05, 0) is 77.4 Å². The van der Waals surface area contributed by atoms with Crippen molar-refractivity contribution in [3.63, 3.8) is 0 Å². The summed E-state index contributed by atoms with van der Waals surface area (Å²) in [5.74, 6) is 0.118. The summed E-state index contributed by atoms with van der Waals surface area (Å²) in [4.78, 5) is 19.4. The molecular weight excluding hydrogens is 733 g/mol. The van der Waals surface area contributed by atoms with Gasteiger partial charge in [-0.3, -0.25) is 4.79 Å². The second kappa shape index (κ2) is 14.7. The summed E-state index contributed by atoms with van der Waals surface area (Å²) in [5, 5.41) is 12.0. The van der Waals surface area contributed by atoms with Gasteiger partial charge in [-0.1, -0.05) is 68.3 Å². The van der Waals surface area contributed by atoms with Crippen LogP contribution in [0.2, 0.25) is 0 Å². The lowest BCUT2D eigenvalue weighted by atomic mass is 9.82. The molecule has 0 spiro atoms. The van der Waals surface area contributed by atoms with Crippen molar-refractivity contribution in [1.29, 1.82) is 0 Å². The molecule has 0 saturated carbocycles. The van der Waals surface area contributed by atoms with Crippen molar-refractivity contribution in [2.75, 3.05) is 13.2 Å². The number of nitrogens with one attached hydrogen (secondary N) is 1. The van der Waals surface area contributed by atoms with Gasteiger partial charge in [0, 0.05) is 40.5 Å². The molecule has 4 aromatic carbocycles. The number of aliphatic imine (C=N–C) groups is 1. The van der Waals surface area contributed by atoms with Crippen molar-refractivity contribution in [3.8, 4) is 11.5 Å². The van der Waals surface area contributed by atoms with Crippen molar-refractivity contribution in [2.24, 2.45) is 4.99 Å². The van der Waals surface area contributed by atoms with Crippen LogP contribution < -0.4 is 14.8 Å². The Balaban J connectivity index is 1.50. The number of nitrogens with zero attached hydrogens (tertiary/aromatic N) is 1. The molecule has 12 heteroatoms. The fourth-order valence-corrected chi connectivity index (χ4v) is 5.51. The van der Waals surface area contributed by atoms with E-state index < -0.39 is 23.9 Å². The molecular formula is C34H29Br2F3N2O5. The van der Waals surface area contributed by atoms with Crippen LogP contribution in [0.25, 0.3) is 0 Å². The first-order valence-electron chi connectivity index (χ1n) is 14.3. The standard InChI is InChI=1S/C34H29Br2F3N2O5/c35-26-10-2-22(3-11-26)20-33(32(43)40-21-23-4-14-29(15-5-23)46-34(37,38)39)30(24-6-12-27(36)13-7-24)45-31(41-33)25-8-16-28(17-9-25)44-19-1-18-42/h2-17,30,42H,1,18-21H2,(H,40,43)/t30-,33-/m1/s1. The number of alkyl halides is 3. The van der Waals surface area contributed by atoms with Crippen molar-refractivity contribution in [3.05, 3.63) is 128 Å². The van der Waals surface area contributed by atoms with E-state index in [1.54, 1.807) is 24.3 Å². The molecule has 1 aliphatic rings. The summed E-state index contributed by atoms with van der Waals surface area (Å²) < 4.78 is 55.8. The number of aliphatic hydroxyl groups is 1. The summed E-state index contributed by atoms with van der Waals surface area (Å²) >= 11 is 6.93. The van der Waals surface area contributed by atoms with Gasteiger partial charge >= 0.3 is 6.36 Å². The minimum absolute atomic E-state index is 0.0282. The zero-order valence-electron chi connectivity index (χ0n) is 24.3. The molecule has 0 saturated heterocycles. The number of hydrogen-bond acceptors (Lipinski definition) is 6. The number of carbonyl (C=O) groups is 1. The number of amides is 1. The SMILES string of the molecule is O=C(NCc1ccc(OC(F)(F)F)cc1)[C@]1(Cc2ccc(Br)cc2)N=C(c2ccc(OCCCO)cc2)O[C@@H]1c1ccc(Br)cc1. The predicted molar refractivity (Wildman–Crippen MR) is 174 cm³/mol. The largest absolute Gasteiger partial charge is 0.573 e. The summed E-state index contributed by atoms with van der Waals surface area (Å²) in [6.45, 7) is 0.430. The first-order valence-corrected chi connectivity index (χ1v) is 15.9. The Kier molecular flexibility index (Phi) is 10.7. The second-order valence-corrected chi connectivity index (χ2v) is 12.3. The molecule has 2 atom stereocenters. The van der Waals surface area contributed by atoms with Crippen LogP contribution in [0, 0.1) is 0 Å². The van der Waals surface area contributed by atoms with Gasteiger partial charge < -0.3 is 24.6 Å². The van der Waals surface area contributed by atoms with Gasteiger partial charge in [-0.15, -0.1) is 13.2 Å². The van der Waals surface area contributed by atoms with E-state index in [0.29, 0.717) is 29.9 Å². The molecule has 4 aromatic rings. The molecule has 0 fully saturated rings. The lowest BCUT2D eigenvalue weighted by Crippen LogP contribution is -2.49. The van der Waals surface area contributed by atoms with Gasteiger partial charge in [0.15, 0.2) is 11.6 Å². The van der Waals surface area contributed by atoms with Gasteiger partial charge in [0.05, 0.1) is 6.61 Å². The van der Waals surface area contributed by atoms with E-state index in [2.05, 4.69) is 41.9 Å². The molecule has 5 rings (SSSR count). The lowest BCUT2D eigenvalue weighted by Gasteiger charge is -2.31. The summed E-state index contributed by atoms with van der Waals surface area (Å²) in [6.07, 6.45) is -4.92. The maximum Gasteiger partial charge on any atom is 0.573 e. The van der Waals surface area contributed by atoms with Crippen LogP contribution in [0.4, 0.5) is 13.2 Å². The molecule has 2 N–H and O–H groups in total. The highest BCUT2D eigenvalue weighted by atomic mass is 79.9. The van der Waals surface area contributed by atoms with Crippen molar-refractivity contribution >= 4 is 43.7 Å². The van der Waals surface area contributed by atoms with Crippen LogP contribution in [-0.2, 0) is 22.5 Å². The van der Waals surface area contributed by atoms with E-state index in [-0.39, 0.29) is 31.2 Å². The molecule has 0 aromatic heterocycles. The number of carbonyl (C=O) groups excluding carboxylic acids is 1. The van der Waals surface area contributed by atoms with Crippen LogP contribution in [0.5, 0.6) is 11.5 Å². The molecule has 1 aliphatic heterocycles. The highest BCUT2D eigenvalue weighted by molar-refractivity contribution is 9.10. The van der Waals surface area contributed by atoms with Gasteiger partial charge in [-0.2, -0.15) is 0 Å². The average molecular weight is 762 g/mol. The fraction of sp³-hybridized carbons (Fsp3) is 0.235. The zero-order chi connectivity index (χ0) is 32.7. The Morgan fingerprint density at radius 2 is 1.46 bits per heavy atom. The Labute approximate surface area is 280 Å². The molecule has 7 nitrogen and oxygen atoms in total. The number of ether oxygens (including phenoxy) is 3. The van der Waals surface area contributed by atoms with Crippen molar-refractivity contribution in [2.45, 2.75) is 37.4 Å². The number of rotatable bonds is 12. The minimum Gasteiger partial charge on any atom is -0.494 e. The number of hydrogen-bond donors (Lipinski definition) is 2. The molecule has 46 heavy (non-hydrogen) atoms. The van der Waals surface area contributed by atoms with Gasteiger partial charge in [0.2, 0.25) is 5.90 Å². The van der Waals surface area contributed by atoms with E-state index in [4.69, 9.17) is 19.6 Å². The van der Waals surface area contributed by atoms with E-state index >= 15 is 0 Å². The third-order valence-corrected chi connectivity index (χ3v) is 8.26. The maximum atomic E-state index is 14.4. The lowest BCUT2D eigenvalue weighted by molar-refractivity contribution is -0.274. The van der Waals surface area contributed by atoms with E-state index in [0.717, 1.165) is 20.1 Å². The molecule has 1 heterocycles. The van der Waals surface area contributed by atoms with E-state index in [1.807, 2.05) is 48.5 Å². The Morgan fingerprint density at radius 1 is 0.870 bits per heavy atom. The third kappa shape index (κ3) is 8.48. The van der Waals surface area contributed by atoms with Crippen LogP contribution >= 0.6 is 31.9 Å². The fourth-order valence-electron chi connectivity index (χ4n) is 4.98. The van der Waals surface area contributed by atoms with Gasteiger partial charge in [0.25, 0.3) is 5.91 Å². The normalized spacial score (nSPS) is 17.6. The summed E-state index contributed by atoms with van der Waals surface area (Å²) in [5.41, 5.74) is 1.33. The predicted octanol–water partition coefficient (Wildman–Crippen LogP) is 7.69. The number of aliphatic hydroxyl groups excluding tert-OH is 1. The second-order valence-electron chi connectivity index (χ2n) is 10.5. The van der Waals surface area contributed by atoms with E-state index in [1.165, 1.54) is 24.3 Å². The molecule has 1 amide bonds. The Bertz CT molecular complexity index is 1650. The van der Waals surface area contributed by atoms with Crippen molar-refractivity contribution < 1.29 is 37.3 Å². The minimum atomic E-state index is -4.80. The first-order chi connectivity index (χ1) is 22.0. The summed E-state index contributed by atoms with van der Waals surface area (Å²) in [6, 6.07) is 27.5. The smallest absolute Gasteiger partial charge is 0.494 e. The molecule has 0 radical (unpaired) electrons. The Morgan fingerprint density at radius 3 is 2.07 bits per heavy atom.